The van der Waals surface area contributed by atoms with E-state index < -0.39 is 29.5 Å². The Morgan fingerprint density at radius 2 is 2.00 bits per heavy atom. The van der Waals surface area contributed by atoms with Crippen molar-refractivity contribution >= 4 is 12.1 Å². The molecule has 1 atom stereocenters. The van der Waals surface area contributed by atoms with Gasteiger partial charge in [-0.1, -0.05) is 6.07 Å². The summed E-state index contributed by atoms with van der Waals surface area (Å²) in [4.78, 5) is 23.5. The Balaban J connectivity index is 2.85. The van der Waals surface area contributed by atoms with Gasteiger partial charge >= 0.3 is 12.1 Å². The predicted molar refractivity (Wildman–Crippen MR) is 76.9 cm³/mol. The Hall–Kier alpha value is -2.31. The van der Waals surface area contributed by atoms with E-state index in [1.54, 1.807) is 20.8 Å². The molecule has 0 bridgehead atoms. The van der Waals surface area contributed by atoms with E-state index in [9.17, 15) is 19.1 Å². The highest BCUT2D eigenvalue weighted by Gasteiger charge is 2.26. The summed E-state index contributed by atoms with van der Waals surface area (Å²) in [6.07, 6.45) is -0.931. The predicted octanol–water partition coefficient (Wildman–Crippen LogP) is 2.14. The SMILES string of the molecule is COC(=O)[C@H](Cc1ccc(O)cc1F)NC(=O)OC(C)(C)C. The molecule has 1 aromatic rings. The first-order valence-corrected chi connectivity index (χ1v) is 6.67. The molecular weight excluding hydrogens is 293 g/mol. The smallest absolute Gasteiger partial charge is 0.408 e. The van der Waals surface area contributed by atoms with Crippen molar-refractivity contribution in [1.82, 2.24) is 5.32 Å². The first kappa shape index (κ1) is 17.7. The molecular formula is C15H20FNO5. The second kappa shape index (κ2) is 7.11. The van der Waals surface area contributed by atoms with Crippen molar-refractivity contribution in [2.24, 2.45) is 0 Å². The van der Waals surface area contributed by atoms with Gasteiger partial charge in [-0.3, -0.25) is 0 Å². The summed E-state index contributed by atoms with van der Waals surface area (Å²) in [5, 5.41) is 11.5. The van der Waals surface area contributed by atoms with Crippen LogP contribution in [0.1, 0.15) is 26.3 Å². The maximum absolute atomic E-state index is 13.7. The highest BCUT2D eigenvalue weighted by Crippen LogP contribution is 2.17. The van der Waals surface area contributed by atoms with E-state index in [2.05, 4.69) is 10.1 Å². The first-order valence-electron chi connectivity index (χ1n) is 6.67. The molecule has 0 saturated carbocycles. The van der Waals surface area contributed by atoms with Crippen LogP contribution in [0, 0.1) is 5.82 Å². The van der Waals surface area contributed by atoms with Crippen molar-refractivity contribution in [2.45, 2.75) is 38.8 Å². The number of aromatic hydroxyl groups is 1. The van der Waals surface area contributed by atoms with Crippen molar-refractivity contribution < 1.29 is 28.6 Å². The van der Waals surface area contributed by atoms with Crippen LogP contribution >= 0.6 is 0 Å². The van der Waals surface area contributed by atoms with E-state index in [0.29, 0.717) is 0 Å². The van der Waals surface area contributed by atoms with Gasteiger partial charge in [0.25, 0.3) is 0 Å². The minimum atomic E-state index is -1.10. The lowest BCUT2D eigenvalue weighted by atomic mass is 10.1. The Kier molecular flexibility index (Phi) is 5.73. The van der Waals surface area contributed by atoms with E-state index in [4.69, 9.17) is 4.74 Å². The Labute approximate surface area is 128 Å². The molecule has 122 valence electrons. The number of hydrogen-bond acceptors (Lipinski definition) is 5. The van der Waals surface area contributed by atoms with E-state index in [1.165, 1.54) is 19.2 Å². The first-order chi connectivity index (χ1) is 10.1. The van der Waals surface area contributed by atoms with Crippen LogP contribution in [-0.4, -0.2) is 35.9 Å². The van der Waals surface area contributed by atoms with Crippen molar-refractivity contribution in [3.8, 4) is 5.75 Å². The Morgan fingerprint density at radius 1 is 1.36 bits per heavy atom. The zero-order valence-electron chi connectivity index (χ0n) is 13.0. The third kappa shape index (κ3) is 5.59. The molecule has 0 aliphatic heterocycles. The lowest BCUT2D eigenvalue weighted by molar-refractivity contribution is -0.143. The summed E-state index contributed by atoms with van der Waals surface area (Å²) in [6, 6.07) is 2.45. The highest BCUT2D eigenvalue weighted by atomic mass is 19.1. The molecule has 0 heterocycles. The number of ether oxygens (including phenoxy) is 2. The molecule has 1 rings (SSSR count). The third-order valence-electron chi connectivity index (χ3n) is 2.64. The van der Waals surface area contributed by atoms with Crippen LogP contribution < -0.4 is 5.32 Å². The number of benzene rings is 1. The summed E-state index contributed by atoms with van der Waals surface area (Å²) in [7, 11) is 1.17. The number of esters is 1. The lowest BCUT2D eigenvalue weighted by Gasteiger charge is -2.22. The summed E-state index contributed by atoms with van der Waals surface area (Å²) in [6.45, 7) is 5.04. The molecule has 0 aliphatic carbocycles. The van der Waals surface area contributed by atoms with Gasteiger partial charge in [-0.15, -0.1) is 0 Å². The molecule has 0 aromatic heterocycles. The van der Waals surface area contributed by atoms with Crippen LogP contribution in [0.15, 0.2) is 18.2 Å². The average molecular weight is 313 g/mol. The number of carbonyl (C=O) groups excluding carboxylic acids is 2. The van der Waals surface area contributed by atoms with Crippen molar-refractivity contribution in [1.29, 1.82) is 0 Å². The van der Waals surface area contributed by atoms with Gasteiger partial charge in [0, 0.05) is 12.5 Å². The fourth-order valence-corrected chi connectivity index (χ4v) is 1.71. The van der Waals surface area contributed by atoms with Crippen LogP contribution in [0.5, 0.6) is 5.75 Å². The van der Waals surface area contributed by atoms with Gasteiger partial charge in [0.15, 0.2) is 0 Å². The summed E-state index contributed by atoms with van der Waals surface area (Å²) >= 11 is 0. The monoisotopic (exact) mass is 313 g/mol. The minimum absolute atomic E-state index is 0.127. The zero-order chi connectivity index (χ0) is 16.9. The van der Waals surface area contributed by atoms with Gasteiger partial charge in [-0.25, -0.2) is 14.0 Å². The van der Waals surface area contributed by atoms with Gasteiger partial charge in [-0.05, 0) is 32.4 Å². The van der Waals surface area contributed by atoms with Gasteiger partial charge < -0.3 is 19.9 Å². The minimum Gasteiger partial charge on any atom is -0.508 e. The van der Waals surface area contributed by atoms with E-state index in [-0.39, 0.29) is 17.7 Å². The second-order valence-corrected chi connectivity index (χ2v) is 5.70. The third-order valence-corrected chi connectivity index (χ3v) is 2.64. The van der Waals surface area contributed by atoms with Crippen LogP contribution in [0.4, 0.5) is 9.18 Å². The van der Waals surface area contributed by atoms with Gasteiger partial charge in [-0.2, -0.15) is 0 Å². The number of halogens is 1. The number of phenolic OH excluding ortho intramolecular Hbond substituents is 1. The number of methoxy groups -OCH3 is 1. The topological polar surface area (TPSA) is 84.9 Å². The van der Waals surface area contributed by atoms with Gasteiger partial charge in [0.1, 0.15) is 23.2 Å². The van der Waals surface area contributed by atoms with Gasteiger partial charge in [0.2, 0.25) is 0 Å². The molecule has 1 amide bonds. The van der Waals surface area contributed by atoms with E-state index in [1.807, 2.05) is 0 Å². The molecule has 1 aromatic carbocycles. The van der Waals surface area contributed by atoms with Crippen LogP contribution in [0.3, 0.4) is 0 Å². The van der Waals surface area contributed by atoms with Crippen LogP contribution in [-0.2, 0) is 20.7 Å². The summed E-state index contributed by atoms with van der Waals surface area (Å²) in [5.41, 5.74) is -0.571. The molecule has 2 N–H and O–H groups in total. The maximum atomic E-state index is 13.7. The standard InChI is InChI=1S/C15H20FNO5/c1-15(2,3)22-14(20)17-12(13(19)21-4)7-9-5-6-10(18)8-11(9)16/h5-6,8,12,18H,7H2,1-4H3,(H,17,20)/t12-/m0/s1. The number of amides is 1. The highest BCUT2D eigenvalue weighted by molar-refractivity contribution is 5.81. The number of rotatable bonds is 4. The number of alkyl carbamates (subject to hydrolysis) is 1. The molecule has 0 aliphatic rings. The molecule has 0 fully saturated rings. The Bertz CT molecular complexity index is 553. The molecule has 0 radical (unpaired) electrons. The van der Waals surface area contributed by atoms with E-state index >= 15 is 0 Å². The molecule has 6 nitrogen and oxygen atoms in total. The molecule has 7 heteroatoms. The number of phenols is 1. The average Bonchev–Trinajstić information content (AvgIpc) is 2.37. The maximum Gasteiger partial charge on any atom is 0.408 e. The van der Waals surface area contributed by atoms with E-state index in [0.717, 1.165) is 6.07 Å². The van der Waals surface area contributed by atoms with Crippen LogP contribution in [0.2, 0.25) is 0 Å². The zero-order valence-corrected chi connectivity index (χ0v) is 13.0. The van der Waals surface area contributed by atoms with Crippen molar-refractivity contribution in [3.05, 3.63) is 29.6 Å². The lowest BCUT2D eigenvalue weighted by Crippen LogP contribution is -2.45. The molecule has 0 saturated heterocycles. The molecule has 0 spiro atoms. The fourth-order valence-electron chi connectivity index (χ4n) is 1.71. The second-order valence-electron chi connectivity index (χ2n) is 5.70. The Morgan fingerprint density at radius 3 is 2.50 bits per heavy atom. The quantitative estimate of drug-likeness (QED) is 0.832. The number of carbonyl (C=O) groups is 2. The van der Waals surface area contributed by atoms with Crippen LogP contribution in [0.25, 0.3) is 0 Å². The molecule has 22 heavy (non-hydrogen) atoms. The van der Waals surface area contributed by atoms with Crippen molar-refractivity contribution in [2.75, 3.05) is 7.11 Å². The summed E-state index contributed by atoms with van der Waals surface area (Å²) in [5.74, 6) is -1.63. The molecule has 0 unspecified atom stereocenters. The fraction of sp³-hybridized carbons (Fsp3) is 0.467. The normalized spacial score (nSPS) is 12.4. The summed E-state index contributed by atoms with van der Waals surface area (Å²) < 4.78 is 23.4. The van der Waals surface area contributed by atoms with Crippen molar-refractivity contribution in [3.63, 3.8) is 0 Å². The van der Waals surface area contributed by atoms with Gasteiger partial charge in [0.05, 0.1) is 7.11 Å². The number of nitrogens with one attached hydrogen (secondary N) is 1. The number of hydrogen-bond donors (Lipinski definition) is 2. The largest absolute Gasteiger partial charge is 0.508 e.